The fourth-order valence-corrected chi connectivity index (χ4v) is 1.02. The molecule has 2 nitrogen and oxygen atoms in total. The van der Waals surface area contributed by atoms with Gasteiger partial charge in [0.15, 0.2) is 0 Å². The van der Waals surface area contributed by atoms with E-state index in [1.807, 2.05) is 0 Å². The molecule has 0 amide bonds. The first-order valence-electron chi connectivity index (χ1n) is 2.64. The van der Waals surface area contributed by atoms with Crippen LogP contribution in [0.5, 0.6) is 0 Å². The molecule has 10 heavy (non-hydrogen) atoms. The quantitative estimate of drug-likeness (QED) is 0.754. The molecule has 4 heteroatoms. The molecule has 1 aromatic heterocycles. The molecule has 0 aliphatic heterocycles. The highest BCUT2D eigenvalue weighted by Crippen LogP contribution is 2.17. The van der Waals surface area contributed by atoms with Crippen LogP contribution < -0.4 is 0 Å². The van der Waals surface area contributed by atoms with Crippen molar-refractivity contribution in [3.05, 3.63) is 28.2 Å². The summed E-state index contributed by atoms with van der Waals surface area (Å²) in [6.07, 6.45) is 2.50. The minimum atomic E-state index is -0.489. The molecule has 0 radical (unpaired) electrons. The zero-order valence-electron chi connectivity index (χ0n) is 5.01. The first-order valence-corrected chi connectivity index (χ1v) is 3.43. The molecule has 1 aromatic rings. The highest BCUT2D eigenvalue weighted by molar-refractivity contribution is 9.10. The Bertz CT molecular complexity index is 221. The van der Waals surface area contributed by atoms with Crippen molar-refractivity contribution in [2.24, 2.45) is 0 Å². The first kappa shape index (κ1) is 7.63. The number of nitrogens with zero attached hydrogens (tertiary/aromatic N) is 1. The molecule has 1 rings (SSSR count). The summed E-state index contributed by atoms with van der Waals surface area (Å²) in [5, 5.41) is 8.60. The summed E-state index contributed by atoms with van der Waals surface area (Å²) in [6.45, 7) is -0.311. The van der Waals surface area contributed by atoms with E-state index in [0.29, 0.717) is 4.47 Å². The number of hydrogen-bond donors (Lipinski definition) is 1. The van der Waals surface area contributed by atoms with E-state index in [-0.39, 0.29) is 12.2 Å². The minimum Gasteiger partial charge on any atom is -0.392 e. The maximum atomic E-state index is 12.6. The predicted molar refractivity (Wildman–Crippen MR) is 37.8 cm³/mol. The summed E-state index contributed by atoms with van der Waals surface area (Å²) in [7, 11) is 0. The molecular formula is C6H5BrFNO. The van der Waals surface area contributed by atoms with E-state index in [1.165, 1.54) is 6.20 Å². The third-order valence-corrected chi connectivity index (χ3v) is 1.79. The number of pyridine rings is 1. The Hall–Kier alpha value is -0.480. The highest BCUT2D eigenvalue weighted by Gasteiger charge is 2.03. The van der Waals surface area contributed by atoms with Crippen LogP contribution in [0.2, 0.25) is 0 Å². The first-order chi connectivity index (χ1) is 4.75. The van der Waals surface area contributed by atoms with Crippen molar-refractivity contribution >= 4 is 15.9 Å². The molecule has 1 heterocycles. The van der Waals surface area contributed by atoms with Crippen molar-refractivity contribution in [1.29, 1.82) is 0 Å². The van der Waals surface area contributed by atoms with Gasteiger partial charge in [0.25, 0.3) is 0 Å². The molecule has 0 unspecified atom stereocenters. The third kappa shape index (κ3) is 1.33. The molecule has 0 spiro atoms. The fourth-order valence-electron chi connectivity index (χ4n) is 0.589. The maximum absolute atomic E-state index is 12.6. The second-order valence-electron chi connectivity index (χ2n) is 1.74. The van der Waals surface area contributed by atoms with Crippen molar-refractivity contribution in [2.75, 3.05) is 0 Å². The second-order valence-corrected chi connectivity index (χ2v) is 2.59. The van der Waals surface area contributed by atoms with Gasteiger partial charge in [-0.2, -0.15) is 0 Å². The molecule has 0 aliphatic rings. The highest BCUT2D eigenvalue weighted by atomic mass is 79.9. The standard InChI is InChI=1S/C6H5BrFNO/c7-5-1-9-2-6(8)4(5)3-10/h1-2,10H,3H2. The van der Waals surface area contributed by atoms with E-state index < -0.39 is 5.82 Å². The van der Waals surface area contributed by atoms with Gasteiger partial charge in [0, 0.05) is 16.2 Å². The number of aliphatic hydroxyl groups excluding tert-OH is 1. The second kappa shape index (κ2) is 3.07. The van der Waals surface area contributed by atoms with Crippen molar-refractivity contribution in [3.63, 3.8) is 0 Å². The molecule has 1 N–H and O–H groups in total. The normalized spacial score (nSPS) is 9.90. The lowest BCUT2D eigenvalue weighted by Crippen LogP contribution is -1.91. The Balaban J connectivity index is 3.17. The van der Waals surface area contributed by atoms with Crippen LogP contribution in [-0.4, -0.2) is 10.1 Å². The van der Waals surface area contributed by atoms with Crippen LogP contribution >= 0.6 is 15.9 Å². The number of hydrogen-bond acceptors (Lipinski definition) is 2. The summed E-state index contributed by atoms with van der Waals surface area (Å²) in [6, 6.07) is 0. The molecule has 0 saturated heterocycles. The summed E-state index contributed by atoms with van der Waals surface area (Å²) in [5.41, 5.74) is 0.245. The average molecular weight is 206 g/mol. The Morgan fingerprint density at radius 1 is 1.60 bits per heavy atom. The Kier molecular flexibility index (Phi) is 2.34. The van der Waals surface area contributed by atoms with E-state index in [1.54, 1.807) is 0 Å². The zero-order valence-corrected chi connectivity index (χ0v) is 6.60. The van der Waals surface area contributed by atoms with Crippen LogP contribution in [0.25, 0.3) is 0 Å². The summed E-state index contributed by atoms with van der Waals surface area (Å²) < 4.78 is 13.1. The number of aromatic nitrogens is 1. The molecule has 0 aromatic carbocycles. The monoisotopic (exact) mass is 205 g/mol. The maximum Gasteiger partial charge on any atom is 0.148 e. The van der Waals surface area contributed by atoms with Crippen molar-refractivity contribution in [1.82, 2.24) is 4.98 Å². The average Bonchev–Trinajstić information content (AvgIpc) is 1.88. The number of aliphatic hydroxyl groups is 1. The Morgan fingerprint density at radius 3 is 2.70 bits per heavy atom. The van der Waals surface area contributed by atoms with Crippen LogP contribution in [0, 0.1) is 5.82 Å². The summed E-state index contributed by atoms with van der Waals surface area (Å²) in [4.78, 5) is 3.56. The number of rotatable bonds is 1. The molecular weight excluding hydrogens is 201 g/mol. The minimum absolute atomic E-state index is 0.245. The van der Waals surface area contributed by atoms with Crippen LogP contribution in [0.1, 0.15) is 5.56 Å². The van der Waals surface area contributed by atoms with Crippen molar-refractivity contribution < 1.29 is 9.50 Å². The van der Waals surface area contributed by atoms with E-state index in [0.717, 1.165) is 6.20 Å². The molecule has 0 fully saturated rings. The van der Waals surface area contributed by atoms with Crippen LogP contribution in [0.4, 0.5) is 4.39 Å². The summed E-state index contributed by atoms with van der Waals surface area (Å²) in [5.74, 6) is -0.489. The molecule has 54 valence electrons. The van der Waals surface area contributed by atoms with E-state index in [2.05, 4.69) is 20.9 Å². The van der Waals surface area contributed by atoms with Gasteiger partial charge in [-0.05, 0) is 15.9 Å². The Labute approximate surface area is 65.8 Å². The molecule has 0 aliphatic carbocycles. The van der Waals surface area contributed by atoms with Gasteiger partial charge in [0.1, 0.15) is 5.82 Å². The van der Waals surface area contributed by atoms with Gasteiger partial charge in [-0.15, -0.1) is 0 Å². The van der Waals surface area contributed by atoms with Gasteiger partial charge in [-0.3, -0.25) is 4.98 Å². The zero-order chi connectivity index (χ0) is 7.56. The lowest BCUT2D eigenvalue weighted by Gasteiger charge is -1.98. The SMILES string of the molecule is OCc1c(F)cncc1Br. The largest absolute Gasteiger partial charge is 0.392 e. The lowest BCUT2D eigenvalue weighted by atomic mass is 10.3. The van der Waals surface area contributed by atoms with Gasteiger partial charge in [0.2, 0.25) is 0 Å². The Morgan fingerprint density at radius 2 is 2.30 bits per heavy atom. The lowest BCUT2D eigenvalue weighted by molar-refractivity contribution is 0.274. The fraction of sp³-hybridized carbons (Fsp3) is 0.167. The molecule has 0 saturated carbocycles. The van der Waals surface area contributed by atoms with E-state index >= 15 is 0 Å². The summed E-state index contributed by atoms with van der Waals surface area (Å²) >= 11 is 3.04. The predicted octanol–water partition coefficient (Wildman–Crippen LogP) is 1.48. The van der Waals surface area contributed by atoms with E-state index in [4.69, 9.17) is 5.11 Å². The van der Waals surface area contributed by atoms with E-state index in [9.17, 15) is 4.39 Å². The van der Waals surface area contributed by atoms with Crippen LogP contribution in [0.3, 0.4) is 0 Å². The van der Waals surface area contributed by atoms with Gasteiger partial charge in [0.05, 0.1) is 12.8 Å². The topological polar surface area (TPSA) is 33.1 Å². The van der Waals surface area contributed by atoms with Crippen molar-refractivity contribution in [2.45, 2.75) is 6.61 Å². The van der Waals surface area contributed by atoms with Crippen LogP contribution in [0.15, 0.2) is 16.9 Å². The van der Waals surface area contributed by atoms with Gasteiger partial charge < -0.3 is 5.11 Å². The van der Waals surface area contributed by atoms with Crippen LogP contribution in [-0.2, 0) is 6.61 Å². The van der Waals surface area contributed by atoms with Gasteiger partial charge in [-0.1, -0.05) is 0 Å². The molecule has 0 bridgehead atoms. The smallest absolute Gasteiger partial charge is 0.148 e. The molecule has 0 atom stereocenters. The van der Waals surface area contributed by atoms with Crippen molar-refractivity contribution in [3.8, 4) is 0 Å². The third-order valence-electron chi connectivity index (χ3n) is 1.11. The van der Waals surface area contributed by atoms with Gasteiger partial charge in [-0.25, -0.2) is 4.39 Å². The number of halogens is 2. The van der Waals surface area contributed by atoms with Gasteiger partial charge >= 0.3 is 0 Å².